The molecule has 1 aromatic rings. The molecule has 1 aromatic carbocycles. The zero-order chi connectivity index (χ0) is 16.5. The number of carboxylic acid groups (broad SMARTS) is 1. The van der Waals surface area contributed by atoms with E-state index < -0.39 is 5.97 Å². The minimum Gasteiger partial charge on any atom is -0.481 e. The molecule has 1 aliphatic heterocycles. The molecule has 22 heavy (non-hydrogen) atoms. The van der Waals surface area contributed by atoms with Crippen LogP contribution in [0, 0.1) is 11.3 Å². The Bertz CT molecular complexity index is 575. The summed E-state index contributed by atoms with van der Waals surface area (Å²) in [5.41, 5.74) is 7.18. The van der Waals surface area contributed by atoms with Crippen LogP contribution in [0.2, 0.25) is 0 Å². The fourth-order valence-corrected chi connectivity index (χ4v) is 3.18. The Kier molecular flexibility index (Phi) is 4.42. The molecule has 2 rings (SSSR count). The number of carbonyl (C=O) groups is 1. The maximum atomic E-state index is 11.3. The predicted octanol–water partition coefficient (Wildman–Crippen LogP) is 1.71. The normalized spacial score (nSPS) is 23.1. The number of rotatable bonds is 4. The van der Waals surface area contributed by atoms with E-state index in [1.807, 2.05) is 12.1 Å². The quantitative estimate of drug-likeness (QED) is 0.340. The Labute approximate surface area is 130 Å². The molecule has 4 N–H and O–H groups in total. The number of nitrogens with two attached hydrogens (primary N) is 1. The Morgan fingerprint density at radius 2 is 1.95 bits per heavy atom. The van der Waals surface area contributed by atoms with E-state index in [1.54, 1.807) is 12.1 Å². The zero-order valence-electron chi connectivity index (χ0n) is 13.2. The molecule has 1 fully saturated rings. The summed E-state index contributed by atoms with van der Waals surface area (Å²) in [7, 11) is 0. The van der Waals surface area contributed by atoms with E-state index in [0.29, 0.717) is 18.7 Å². The van der Waals surface area contributed by atoms with E-state index in [2.05, 4.69) is 30.8 Å². The van der Waals surface area contributed by atoms with Crippen molar-refractivity contribution in [2.45, 2.75) is 33.4 Å². The van der Waals surface area contributed by atoms with Crippen LogP contribution in [0.25, 0.3) is 0 Å². The first-order valence-electron chi connectivity index (χ1n) is 7.27. The Morgan fingerprint density at radius 3 is 2.41 bits per heavy atom. The zero-order valence-corrected chi connectivity index (χ0v) is 13.2. The molecule has 0 aromatic heterocycles. The third-order valence-corrected chi connectivity index (χ3v) is 4.15. The van der Waals surface area contributed by atoms with E-state index in [0.717, 1.165) is 5.56 Å². The largest absolute Gasteiger partial charge is 0.481 e. The van der Waals surface area contributed by atoms with Crippen molar-refractivity contribution in [3.63, 3.8) is 0 Å². The molecule has 6 nitrogen and oxygen atoms in total. The average Bonchev–Trinajstić information content (AvgIpc) is 2.40. The van der Waals surface area contributed by atoms with E-state index in [1.165, 1.54) is 0 Å². The topological polar surface area (TPSA) is 99.2 Å². The molecule has 120 valence electrons. The summed E-state index contributed by atoms with van der Waals surface area (Å²) in [6.07, 6.45) is 0. The van der Waals surface area contributed by atoms with Gasteiger partial charge in [-0.15, -0.1) is 0 Å². The lowest BCUT2D eigenvalue weighted by Gasteiger charge is -2.52. The number of carboxylic acids is 1. The van der Waals surface area contributed by atoms with Gasteiger partial charge in [0.25, 0.3) is 0 Å². The second kappa shape index (κ2) is 5.96. The highest BCUT2D eigenvalue weighted by molar-refractivity contribution is 5.96. The molecule has 1 saturated heterocycles. The van der Waals surface area contributed by atoms with Gasteiger partial charge < -0.3 is 16.0 Å². The van der Waals surface area contributed by atoms with E-state index >= 15 is 0 Å². The Balaban J connectivity index is 2.09. The minimum absolute atomic E-state index is 0.0220. The maximum Gasteiger partial charge on any atom is 0.309 e. The first kappa shape index (κ1) is 16.3. The number of amidine groups is 1. The lowest BCUT2D eigenvalue weighted by atomic mass is 9.72. The summed E-state index contributed by atoms with van der Waals surface area (Å²) >= 11 is 0. The van der Waals surface area contributed by atoms with Gasteiger partial charge in [-0.05, 0) is 11.0 Å². The fraction of sp³-hybridized carbons (Fsp3) is 0.500. The lowest BCUT2D eigenvalue weighted by molar-refractivity contribution is -0.159. The van der Waals surface area contributed by atoms with Crippen molar-refractivity contribution in [2.75, 3.05) is 6.54 Å². The van der Waals surface area contributed by atoms with Crippen LogP contribution in [0.15, 0.2) is 29.4 Å². The van der Waals surface area contributed by atoms with E-state index in [-0.39, 0.29) is 23.2 Å². The first-order chi connectivity index (χ1) is 10.2. The van der Waals surface area contributed by atoms with Gasteiger partial charge in [-0.1, -0.05) is 50.2 Å². The van der Waals surface area contributed by atoms with Gasteiger partial charge in [0.15, 0.2) is 5.84 Å². The average molecular weight is 305 g/mol. The van der Waals surface area contributed by atoms with Gasteiger partial charge in [0, 0.05) is 24.7 Å². The van der Waals surface area contributed by atoms with Gasteiger partial charge in [-0.25, -0.2) is 0 Å². The van der Waals surface area contributed by atoms with Crippen molar-refractivity contribution in [2.24, 2.45) is 22.2 Å². The summed E-state index contributed by atoms with van der Waals surface area (Å²) in [6.45, 7) is 7.48. The summed E-state index contributed by atoms with van der Waals surface area (Å²) in [5, 5.41) is 20.9. The smallest absolute Gasteiger partial charge is 0.309 e. The van der Waals surface area contributed by atoms with Gasteiger partial charge in [0.1, 0.15) is 0 Å². The summed E-state index contributed by atoms with van der Waals surface area (Å²) in [4.78, 5) is 13.5. The van der Waals surface area contributed by atoms with Crippen LogP contribution in [0.3, 0.4) is 0 Å². The minimum atomic E-state index is -0.724. The molecule has 6 heteroatoms. The van der Waals surface area contributed by atoms with Crippen LogP contribution in [0.4, 0.5) is 0 Å². The van der Waals surface area contributed by atoms with E-state index in [9.17, 15) is 9.90 Å². The number of nitrogens with zero attached hydrogens (tertiary/aromatic N) is 2. The Morgan fingerprint density at radius 1 is 1.36 bits per heavy atom. The molecule has 0 saturated carbocycles. The summed E-state index contributed by atoms with van der Waals surface area (Å²) < 4.78 is 0. The number of likely N-dealkylation sites (tertiary alicyclic amines) is 1. The molecule has 2 atom stereocenters. The summed E-state index contributed by atoms with van der Waals surface area (Å²) in [6, 6.07) is 7.45. The van der Waals surface area contributed by atoms with Gasteiger partial charge in [-0.3, -0.25) is 9.69 Å². The van der Waals surface area contributed by atoms with Crippen LogP contribution < -0.4 is 5.73 Å². The monoisotopic (exact) mass is 305 g/mol. The van der Waals surface area contributed by atoms with Crippen molar-refractivity contribution in [1.29, 1.82) is 0 Å². The standard InChI is InChI=1S/C16H23N3O3/c1-16(2,3)13-12(15(20)21)9-19(13)8-10-4-6-11(7-5-10)14(17)18-22/h4-7,12-13,22H,8-9H2,1-3H3,(H2,17,18)(H,20,21). The van der Waals surface area contributed by atoms with Crippen LogP contribution in [0.1, 0.15) is 31.9 Å². The highest BCUT2D eigenvalue weighted by Crippen LogP contribution is 2.39. The number of oxime groups is 1. The molecule has 0 radical (unpaired) electrons. The molecule has 0 amide bonds. The first-order valence-corrected chi connectivity index (χ1v) is 7.27. The highest BCUT2D eigenvalue weighted by atomic mass is 16.4. The van der Waals surface area contributed by atoms with Gasteiger partial charge >= 0.3 is 5.97 Å². The molecule has 0 aliphatic carbocycles. The predicted molar refractivity (Wildman–Crippen MR) is 83.7 cm³/mol. The molecular formula is C16H23N3O3. The lowest BCUT2D eigenvalue weighted by Crippen LogP contribution is -2.63. The fourth-order valence-electron chi connectivity index (χ4n) is 3.18. The van der Waals surface area contributed by atoms with Gasteiger partial charge in [0.2, 0.25) is 0 Å². The SMILES string of the molecule is CC(C)(C)C1C(C(=O)O)CN1Cc1ccc(C(N)=NO)cc1. The van der Waals surface area contributed by atoms with Crippen LogP contribution in [-0.2, 0) is 11.3 Å². The number of hydrogen-bond donors (Lipinski definition) is 3. The van der Waals surface area contributed by atoms with Crippen molar-refractivity contribution in [1.82, 2.24) is 4.90 Å². The second-order valence-corrected chi connectivity index (χ2v) is 6.87. The third kappa shape index (κ3) is 3.22. The Hall–Kier alpha value is -2.08. The number of aliphatic carboxylic acids is 1. The molecule has 1 aliphatic rings. The van der Waals surface area contributed by atoms with Crippen molar-refractivity contribution < 1.29 is 15.1 Å². The summed E-state index contributed by atoms with van der Waals surface area (Å²) in [5.74, 6) is -0.955. The van der Waals surface area contributed by atoms with Gasteiger partial charge in [0.05, 0.1) is 5.92 Å². The molecular weight excluding hydrogens is 282 g/mol. The van der Waals surface area contributed by atoms with Crippen LogP contribution >= 0.6 is 0 Å². The highest BCUT2D eigenvalue weighted by Gasteiger charge is 2.49. The third-order valence-electron chi connectivity index (χ3n) is 4.15. The molecule has 0 spiro atoms. The number of benzene rings is 1. The molecule has 1 heterocycles. The van der Waals surface area contributed by atoms with Crippen molar-refractivity contribution >= 4 is 11.8 Å². The molecule has 0 bridgehead atoms. The number of hydrogen-bond acceptors (Lipinski definition) is 4. The maximum absolute atomic E-state index is 11.3. The second-order valence-electron chi connectivity index (χ2n) is 6.87. The van der Waals surface area contributed by atoms with Crippen LogP contribution in [-0.4, -0.2) is 39.6 Å². The van der Waals surface area contributed by atoms with Crippen LogP contribution in [0.5, 0.6) is 0 Å². The van der Waals surface area contributed by atoms with Crippen molar-refractivity contribution in [3.8, 4) is 0 Å². The van der Waals surface area contributed by atoms with E-state index in [4.69, 9.17) is 10.9 Å². The van der Waals surface area contributed by atoms with Gasteiger partial charge in [-0.2, -0.15) is 0 Å². The molecule has 2 unspecified atom stereocenters. The van der Waals surface area contributed by atoms with Crippen molar-refractivity contribution in [3.05, 3.63) is 35.4 Å².